The van der Waals surface area contributed by atoms with Gasteiger partial charge in [0.05, 0.1) is 5.69 Å². The van der Waals surface area contributed by atoms with Crippen molar-refractivity contribution in [3.63, 3.8) is 0 Å². The molecule has 1 atom stereocenters. The van der Waals surface area contributed by atoms with Crippen molar-refractivity contribution in [3.8, 4) is 0 Å². The molecule has 0 heterocycles. The Balaban J connectivity index is 2.95. The molecule has 1 aromatic rings. The first kappa shape index (κ1) is 16.2. The molecule has 0 aliphatic rings. The number of carbonyl (C=O) groups is 3. The molecule has 21 heavy (non-hydrogen) atoms. The highest BCUT2D eigenvalue weighted by Gasteiger charge is 2.27. The Kier molecular flexibility index (Phi) is 5.46. The molecular formula is C11H11N2O8-. The van der Waals surface area contributed by atoms with E-state index in [-0.39, 0.29) is 5.56 Å². The van der Waals surface area contributed by atoms with Crippen LogP contribution in [0.15, 0.2) is 24.3 Å². The van der Waals surface area contributed by atoms with E-state index < -0.39 is 41.6 Å². The number of aliphatic carboxylic acids is 2. The Hall–Kier alpha value is -2.85. The molecule has 1 amide bonds. The second-order valence-corrected chi connectivity index (χ2v) is 3.70. The van der Waals surface area contributed by atoms with E-state index >= 15 is 0 Å². The summed E-state index contributed by atoms with van der Waals surface area (Å²) in [6.45, 7) is -0.763. The van der Waals surface area contributed by atoms with Gasteiger partial charge in [0.1, 0.15) is 6.54 Å². The number of carbonyl (C=O) groups excluding carboxylic acids is 1. The zero-order valence-corrected chi connectivity index (χ0v) is 10.4. The summed E-state index contributed by atoms with van der Waals surface area (Å²) in [4.78, 5) is 32.7. The monoisotopic (exact) mass is 299 g/mol. The topological polar surface area (TPSA) is 159 Å². The minimum atomic E-state index is -1.89. The number of nitrogens with one attached hydrogen (secondary N) is 1. The maximum atomic E-state index is 11.3. The minimum absolute atomic E-state index is 0.270. The van der Waals surface area contributed by atoms with E-state index in [2.05, 4.69) is 4.74 Å². The number of alkyl carbamates (subject to hydrolysis) is 1. The summed E-state index contributed by atoms with van der Waals surface area (Å²) in [6.07, 6.45) is -3.19. The third-order valence-corrected chi connectivity index (χ3v) is 2.26. The lowest BCUT2D eigenvalue weighted by Gasteiger charge is -2.26. The average molecular weight is 299 g/mol. The maximum Gasteiger partial charge on any atom is 0.408 e. The van der Waals surface area contributed by atoms with Gasteiger partial charge in [0, 0.05) is 5.56 Å². The van der Waals surface area contributed by atoms with E-state index in [1.807, 2.05) is 5.32 Å². The highest BCUT2D eigenvalue weighted by atomic mass is 16.8. The van der Waals surface area contributed by atoms with Gasteiger partial charge < -0.3 is 30.7 Å². The van der Waals surface area contributed by atoms with E-state index in [0.717, 1.165) is 6.07 Å². The summed E-state index contributed by atoms with van der Waals surface area (Å²) in [5.41, 5.74) is -0.691. The third-order valence-electron chi connectivity index (χ3n) is 2.26. The van der Waals surface area contributed by atoms with Crippen molar-refractivity contribution < 1.29 is 34.5 Å². The van der Waals surface area contributed by atoms with Gasteiger partial charge in [-0.1, -0.05) is 18.2 Å². The van der Waals surface area contributed by atoms with Gasteiger partial charge in [-0.15, -0.1) is 0 Å². The summed E-state index contributed by atoms with van der Waals surface area (Å²) < 4.78 is 4.55. The predicted molar refractivity (Wildman–Crippen MR) is 66.6 cm³/mol. The van der Waals surface area contributed by atoms with Gasteiger partial charge in [-0.3, -0.25) is 10.0 Å². The van der Waals surface area contributed by atoms with Crippen molar-refractivity contribution >= 4 is 23.7 Å². The molecule has 0 radical (unpaired) electrons. The number of carboxylic acids is 2. The highest BCUT2D eigenvalue weighted by molar-refractivity contribution is 5.82. The number of hydrogen-bond donors (Lipinski definition) is 4. The Labute approximate surface area is 117 Å². The van der Waals surface area contributed by atoms with Crippen LogP contribution >= 0.6 is 0 Å². The Morgan fingerprint density at radius 1 is 1.29 bits per heavy atom. The van der Waals surface area contributed by atoms with Crippen molar-refractivity contribution in [3.05, 3.63) is 35.0 Å². The van der Waals surface area contributed by atoms with Gasteiger partial charge in [0.15, 0.2) is 0 Å². The molecule has 0 bridgehead atoms. The average Bonchev–Trinajstić information content (AvgIpc) is 2.42. The zero-order valence-electron chi connectivity index (χ0n) is 10.4. The maximum absolute atomic E-state index is 11.3. The molecule has 0 aliphatic carbocycles. The molecule has 0 fully saturated rings. The van der Waals surface area contributed by atoms with Crippen molar-refractivity contribution in [2.75, 3.05) is 11.8 Å². The molecule has 114 valence electrons. The normalized spacial score (nSPS) is 11.3. The number of benzene rings is 1. The zero-order chi connectivity index (χ0) is 16.0. The molecule has 0 saturated heterocycles. The van der Waals surface area contributed by atoms with Crippen LogP contribution in [-0.4, -0.2) is 40.0 Å². The molecule has 0 aromatic heterocycles. The lowest BCUT2D eigenvalue weighted by Crippen LogP contribution is -2.33. The van der Waals surface area contributed by atoms with Gasteiger partial charge in [-0.25, -0.2) is 9.59 Å². The molecule has 10 nitrogen and oxygen atoms in total. The first-order chi connectivity index (χ1) is 9.82. The van der Waals surface area contributed by atoms with Crippen LogP contribution in [0.25, 0.3) is 0 Å². The molecule has 4 N–H and O–H groups in total. The molecule has 1 unspecified atom stereocenters. The van der Waals surface area contributed by atoms with E-state index in [0.29, 0.717) is 0 Å². The fraction of sp³-hybridized carbons (Fsp3) is 0.182. The van der Waals surface area contributed by atoms with E-state index in [1.54, 1.807) is 0 Å². The number of carboxylic acid groups (broad SMARTS) is 2. The smallest absolute Gasteiger partial charge is 0.408 e. The van der Waals surface area contributed by atoms with Crippen molar-refractivity contribution in [1.82, 2.24) is 5.32 Å². The van der Waals surface area contributed by atoms with Crippen LogP contribution < -0.4 is 10.5 Å². The van der Waals surface area contributed by atoms with Crippen LogP contribution in [0, 0.1) is 5.21 Å². The number of amides is 1. The fourth-order valence-corrected chi connectivity index (χ4v) is 1.43. The number of hydrogen-bond acceptors (Lipinski definition) is 7. The minimum Gasteiger partial charge on any atom is -0.733 e. The van der Waals surface area contributed by atoms with Gasteiger partial charge in [0.25, 0.3) is 0 Å². The van der Waals surface area contributed by atoms with Crippen molar-refractivity contribution in [1.29, 1.82) is 0 Å². The van der Waals surface area contributed by atoms with E-state index in [1.165, 1.54) is 18.2 Å². The van der Waals surface area contributed by atoms with Gasteiger partial charge in [-0.05, 0) is 6.07 Å². The largest absolute Gasteiger partial charge is 0.733 e. The third kappa shape index (κ3) is 4.63. The predicted octanol–water partition coefficient (Wildman–Crippen LogP) is 0.316. The molecule has 0 saturated carbocycles. The Morgan fingerprint density at radius 3 is 2.43 bits per heavy atom. The first-order valence-electron chi connectivity index (χ1n) is 5.47. The molecule has 0 spiro atoms. The SMILES string of the molecule is O=C(O)CNC(=O)OC(C(=O)O)c1ccccc1N([O-])O. The molecule has 1 rings (SSSR count). The van der Waals surface area contributed by atoms with Crippen LogP contribution in [0.1, 0.15) is 11.7 Å². The fourth-order valence-electron chi connectivity index (χ4n) is 1.43. The summed E-state index contributed by atoms with van der Waals surface area (Å²) in [5, 5.41) is 38.5. The van der Waals surface area contributed by atoms with Gasteiger partial charge in [-0.2, -0.15) is 0 Å². The molecule has 10 heteroatoms. The number of rotatable bonds is 6. The molecule has 1 aromatic carbocycles. The quantitative estimate of drug-likeness (QED) is 0.542. The second-order valence-electron chi connectivity index (χ2n) is 3.70. The Bertz CT molecular complexity index is 545. The van der Waals surface area contributed by atoms with E-state index in [9.17, 15) is 19.6 Å². The lowest BCUT2D eigenvalue weighted by molar-refractivity contribution is -0.147. The number of para-hydroxylation sites is 1. The van der Waals surface area contributed by atoms with Crippen molar-refractivity contribution in [2.45, 2.75) is 6.10 Å². The summed E-state index contributed by atoms with van der Waals surface area (Å²) in [6, 6.07) is 5.02. The number of ether oxygens (including phenoxy) is 1. The van der Waals surface area contributed by atoms with Crippen LogP contribution in [0.5, 0.6) is 0 Å². The highest BCUT2D eigenvalue weighted by Crippen LogP contribution is 2.28. The van der Waals surface area contributed by atoms with Crippen LogP contribution in [0.3, 0.4) is 0 Å². The standard InChI is InChI=1S/C11H11N2O8/c14-8(15)5-12-11(18)21-9(10(16)17)6-3-1-2-4-7(6)13(19)20/h1-4,9,19H,5H2,(H,12,18)(H,14,15)(H,16,17)/q-1. The van der Waals surface area contributed by atoms with Crippen LogP contribution in [-0.2, 0) is 14.3 Å². The van der Waals surface area contributed by atoms with E-state index in [4.69, 9.17) is 15.4 Å². The summed E-state index contributed by atoms with van der Waals surface area (Å²) in [5.74, 6) is -2.95. The van der Waals surface area contributed by atoms with Gasteiger partial charge in [0.2, 0.25) is 6.10 Å². The molecular weight excluding hydrogens is 288 g/mol. The summed E-state index contributed by atoms with van der Waals surface area (Å²) in [7, 11) is 0. The number of anilines is 1. The second kappa shape index (κ2) is 7.07. The van der Waals surface area contributed by atoms with Crippen LogP contribution in [0.2, 0.25) is 0 Å². The number of nitrogens with zero attached hydrogens (tertiary/aromatic N) is 1. The van der Waals surface area contributed by atoms with Gasteiger partial charge >= 0.3 is 18.0 Å². The van der Waals surface area contributed by atoms with Crippen molar-refractivity contribution in [2.24, 2.45) is 0 Å². The lowest BCUT2D eigenvalue weighted by atomic mass is 10.1. The summed E-state index contributed by atoms with van der Waals surface area (Å²) >= 11 is 0. The molecule has 0 aliphatic heterocycles. The first-order valence-corrected chi connectivity index (χ1v) is 5.47. The van der Waals surface area contributed by atoms with Crippen LogP contribution in [0.4, 0.5) is 10.5 Å². The Morgan fingerprint density at radius 2 is 1.90 bits per heavy atom.